The van der Waals surface area contributed by atoms with E-state index in [2.05, 4.69) is 34.1 Å². The van der Waals surface area contributed by atoms with E-state index < -0.39 is 0 Å². The SMILES string of the molecule is C#CC(NCCC)c1cc(OC)ccc1Br. The van der Waals surface area contributed by atoms with Gasteiger partial charge in [-0.05, 0) is 36.7 Å². The van der Waals surface area contributed by atoms with Crippen LogP contribution in [-0.2, 0) is 0 Å². The van der Waals surface area contributed by atoms with Gasteiger partial charge in [-0.2, -0.15) is 0 Å². The molecule has 0 aliphatic rings. The summed E-state index contributed by atoms with van der Waals surface area (Å²) in [5.74, 6) is 3.57. The molecule has 16 heavy (non-hydrogen) atoms. The van der Waals surface area contributed by atoms with Crippen LogP contribution in [0.4, 0.5) is 0 Å². The molecule has 1 aromatic rings. The van der Waals surface area contributed by atoms with Crippen molar-refractivity contribution in [2.45, 2.75) is 19.4 Å². The highest BCUT2D eigenvalue weighted by molar-refractivity contribution is 9.10. The smallest absolute Gasteiger partial charge is 0.119 e. The Kier molecular flexibility index (Phi) is 5.37. The number of nitrogens with one attached hydrogen (secondary N) is 1. The molecule has 0 aliphatic carbocycles. The molecule has 0 saturated carbocycles. The van der Waals surface area contributed by atoms with E-state index in [1.54, 1.807) is 7.11 Å². The zero-order valence-corrected chi connectivity index (χ0v) is 11.2. The van der Waals surface area contributed by atoms with Gasteiger partial charge in [0.1, 0.15) is 5.75 Å². The Balaban J connectivity index is 2.95. The lowest BCUT2D eigenvalue weighted by molar-refractivity contribution is 0.413. The summed E-state index contributed by atoms with van der Waals surface area (Å²) in [6.07, 6.45) is 6.59. The van der Waals surface area contributed by atoms with Crippen LogP contribution in [-0.4, -0.2) is 13.7 Å². The first-order chi connectivity index (χ1) is 7.72. The number of methoxy groups -OCH3 is 1. The predicted molar refractivity (Wildman–Crippen MR) is 70.6 cm³/mol. The molecular formula is C13H16BrNO. The van der Waals surface area contributed by atoms with Crippen molar-refractivity contribution in [3.05, 3.63) is 28.2 Å². The number of hydrogen-bond acceptors (Lipinski definition) is 2. The fourth-order valence-corrected chi connectivity index (χ4v) is 1.89. The first kappa shape index (κ1) is 13.1. The molecule has 0 radical (unpaired) electrons. The van der Waals surface area contributed by atoms with Crippen molar-refractivity contribution in [3.63, 3.8) is 0 Å². The van der Waals surface area contributed by atoms with E-state index in [0.29, 0.717) is 0 Å². The van der Waals surface area contributed by atoms with Crippen molar-refractivity contribution in [1.82, 2.24) is 5.32 Å². The van der Waals surface area contributed by atoms with Gasteiger partial charge in [0, 0.05) is 4.47 Å². The highest BCUT2D eigenvalue weighted by Gasteiger charge is 2.11. The Morgan fingerprint density at radius 2 is 2.31 bits per heavy atom. The van der Waals surface area contributed by atoms with Gasteiger partial charge < -0.3 is 4.74 Å². The van der Waals surface area contributed by atoms with Gasteiger partial charge in [0.25, 0.3) is 0 Å². The van der Waals surface area contributed by atoms with Crippen LogP contribution >= 0.6 is 15.9 Å². The second kappa shape index (κ2) is 6.57. The molecule has 1 rings (SSSR count). The van der Waals surface area contributed by atoms with Crippen LogP contribution in [0.15, 0.2) is 22.7 Å². The zero-order valence-electron chi connectivity index (χ0n) is 9.59. The van der Waals surface area contributed by atoms with Crippen molar-refractivity contribution >= 4 is 15.9 Å². The molecular weight excluding hydrogens is 266 g/mol. The first-order valence-corrected chi connectivity index (χ1v) is 6.05. The van der Waals surface area contributed by atoms with Gasteiger partial charge in [0.05, 0.1) is 13.2 Å². The van der Waals surface area contributed by atoms with Crippen molar-refractivity contribution in [1.29, 1.82) is 0 Å². The van der Waals surface area contributed by atoms with Gasteiger partial charge in [0.2, 0.25) is 0 Å². The van der Waals surface area contributed by atoms with Crippen molar-refractivity contribution in [2.24, 2.45) is 0 Å². The lowest BCUT2D eigenvalue weighted by Gasteiger charge is -2.15. The Morgan fingerprint density at radius 1 is 1.56 bits per heavy atom. The van der Waals surface area contributed by atoms with Crippen LogP contribution in [0.1, 0.15) is 24.9 Å². The van der Waals surface area contributed by atoms with Gasteiger partial charge in [0.15, 0.2) is 0 Å². The maximum atomic E-state index is 5.53. The van der Waals surface area contributed by atoms with E-state index in [9.17, 15) is 0 Å². The third-order valence-corrected chi connectivity index (χ3v) is 3.00. The molecule has 0 heterocycles. The molecule has 2 nitrogen and oxygen atoms in total. The summed E-state index contributed by atoms with van der Waals surface area (Å²) in [5.41, 5.74) is 1.04. The summed E-state index contributed by atoms with van der Waals surface area (Å²) in [7, 11) is 1.65. The lowest BCUT2D eigenvalue weighted by atomic mass is 10.1. The molecule has 0 aromatic heterocycles. The fourth-order valence-electron chi connectivity index (χ4n) is 1.42. The zero-order chi connectivity index (χ0) is 12.0. The number of hydrogen-bond donors (Lipinski definition) is 1. The number of terminal acetylenes is 1. The van der Waals surface area contributed by atoms with Crippen LogP contribution in [0.25, 0.3) is 0 Å². The Morgan fingerprint density at radius 3 is 2.88 bits per heavy atom. The Labute approximate surface area is 106 Å². The van der Waals surface area contributed by atoms with E-state index >= 15 is 0 Å². The molecule has 0 aliphatic heterocycles. The molecule has 0 saturated heterocycles. The van der Waals surface area contributed by atoms with Gasteiger partial charge in [-0.1, -0.05) is 28.8 Å². The average molecular weight is 282 g/mol. The molecule has 1 unspecified atom stereocenters. The third-order valence-electron chi connectivity index (χ3n) is 2.28. The summed E-state index contributed by atoms with van der Waals surface area (Å²) >= 11 is 3.50. The molecule has 0 fully saturated rings. The Hall–Kier alpha value is -0.980. The normalized spacial score (nSPS) is 11.9. The number of halogens is 1. The van der Waals surface area contributed by atoms with E-state index in [-0.39, 0.29) is 6.04 Å². The van der Waals surface area contributed by atoms with Crippen LogP contribution < -0.4 is 10.1 Å². The maximum absolute atomic E-state index is 5.53. The molecule has 0 spiro atoms. The summed E-state index contributed by atoms with van der Waals surface area (Å²) in [6, 6.07) is 5.73. The van der Waals surface area contributed by atoms with Gasteiger partial charge in [-0.25, -0.2) is 0 Å². The molecule has 3 heteroatoms. The number of rotatable bonds is 5. The van der Waals surface area contributed by atoms with Crippen LogP contribution in [0.2, 0.25) is 0 Å². The lowest BCUT2D eigenvalue weighted by Crippen LogP contribution is -2.21. The largest absolute Gasteiger partial charge is 0.497 e. The molecule has 0 bridgehead atoms. The number of benzene rings is 1. The van der Waals surface area contributed by atoms with Crippen LogP contribution in [0.3, 0.4) is 0 Å². The van der Waals surface area contributed by atoms with Crippen LogP contribution in [0, 0.1) is 12.3 Å². The molecule has 1 aromatic carbocycles. The minimum atomic E-state index is -0.0792. The van der Waals surface area contributed by atoms with Gasteiger partial charge in [-0.15, -0.1) is 6.42 Å². The summed E-state index contributed by atoms with van der Waals surface area (Å²) in [6.45, 7) is 3.01. The molecule has 1 atom stereocenters. The van der Waals surface area contributed by atoms with Crippen LogP contribution in [0.5, 0.6) is 5.75 Å². The monoisotopic (exact) mass is 281 g/mol. The molecule has 86 valence electrons. The maximum Gasteiger partial charge on any atom is 0.119 e. The summed E-state index contributed by atoms with van der Waals surface area (Å²) in [4.78, 5) is 0. The van der Waals surface area contributed by atoms with Crippen molar-refractivity contribution in [2.75, 3.05) is 13.7 Å². The highest BCUT2D eigenvalue weighted by Crippen LogP contribution is 2.27. The minimum Gasteiger partial charge on any atom is -0.497 e. The van der Waals surface area contributed by atoms with Crippen molar-refractivity contribution in [3.8, 4) is 18.1 Å². The summed E-state index contributed by atoms with van der Waals surface area (Å²) in [5, 5.41) is 3.31. The topological polar surface area (TPSA) is 21.3 Å². The minimum absolute atomic E-state index is 0.0792. The summed E-state index contributed by atoms with van der Waals surface area (Å²) < 4.78 is 6.19. The second-order valence-electron chi connectivity index (χ2n) is 3.44. The third kappa shape index (κ3) is 3.26. The average Bonchev–Trinajstić information content (AvgIpc) is 2.32. The predicted octanol–water partition coefficient (Wildman–Crippen LogP) is 3.13. The number of ether oxygens (including phenoxy) is 1. The standard InChI is InChI=1S/C13H16BrNO/c1-4-8-15-13(5-2)11-9-10(16-3)6-7-12(11)14/h2,6-7,9,13,15H,4,8H2,1,3H3. The van der Waals surface area contributed by atoms with E-state index in [1.807, 2.05) is 18.2 Å². The van der Waals surface area contributed by atoms with E-state index in [4.69, 9.17) is 11.2 Å². The quantitative estimate of drug-likeness (QED) is 0.838. The van der Waals surface area contributed by atoms with Gasteiger partial charge >= 0.3 is 0 Å². The molecule has 1 N–H and O–H groups in total. The Bertz CT molecular complexity index is 384. The van der Waals surface area contributed by atoms with Crippen molar-refractivity contribution < 1.29 is 4.74 Å². The highest BCUT2D eigenvalue weighted by atomic mass is 79.9. The molecule has 0 amide bonds. The van der Waals surface area contributed by atoms with Gasteiger partial charge in [-0.3, -0.25) is 5.32 Å². The second-order valence-corrected chi connectivity index (χ2v) is 4.30. The van der Waals surface area contributed by atoms with E-state index in [1.165, 1.54) is 0 Å². The fraction of sp³-hybridized carbons (Fsp3) is 0.385. The first-order valence-electron chi connectivity index (χ1n) is 5.25. The van der Waals surface area contributed by atoms with E-state index in [0.717, 1.165) is 28.8 Å².